The van der Waals surface area contributed by atoms with E-state index < -0.39 is 0 Å². The van der Waals surface area contributed by atoms with E-state index in [1.165, 1.54) is 10.9 Å². The zero-order chi connectivity index (χ0) is 21.4. The van der Waals surface area contributed by atoms with Crippen LogP contribution in [0.3, 0.4) is 0 Å². The van der Waals surface area contributed by atoms with Crippen LogP contribution in [0.5, 0.6) is 5.75 Å². The molecule has 5 rings (SSSR count). The van der Waals surface area contributed by atoms with Crippen molar-refractivity contribution in [3.8, 4) is 5.75 Å². The fourth-order valence-electron chi connectivity index (χ4n) is 4.42. The molecule has 5 heteroatoms. The molecule has 1 unspecified atom stereocenters. The average molecular weight is 412 g/mol. The molecule has 1 aliphatic heterocycles. The van der Waals surface area contributed by atoms with Gasteiger partial charge in [0.05, 0.1) is 13.2 Å². The van der Waals surface area contributed by atoms with Gasteiger partial charge in [-0.05, 0) is 54.8 Å². The number of methoxy groups -OCH3 is 1. The first-order chi connectivity index (χ1) is 15.1. The molecule has 156 valence electrons. The van der Waals surface area contributed by atoms with Crippen molar-refractivity contribution in [1.29, 1.82) is 0 Å². The van der Waals surface area contributed by atoms with E-state index in [9.17, 15) is 4.79 Å². The SMILES string of the molecule is COc1ccc(C2c3[nH]c4ccccc4c3CCN2C(=O)Nc2ccc(C)cc2)cc1. The van der Waals surface area contributed by atoms with Gasteiger partial charge in [-0.3, -0.25) is 0 Å². The first-order valence-corrected chi connectivity index (χ1v) is 10.5. The Bertz CT molecular complexity index is 1230. The highest BCUT2D eigenvalue weighted by Gasteiger charge is 2.34. The zero-order valence-corrected chi connectivity index (χ0v) is 17.7. The Morgan fingerprint density at radius 2 is 1.77 bits per heavy atom. The van der Waals surface area contributed by atoms with E-state index >= 15 is 0 Å². The van der Waals surface area contributed by atoms with Gasteiger partial charge in [0.2, 0.25) is 0 Å². The summed E-state index contributed by atoms with van der Waals surface area (Å²) in [5.74, 6) is 0.798. The number of urea groups is 1. The molecule has 0 saturated heterocycles. The van der Waals surface area contributed by atoms with Gasteiger partial charge < -0.3 is 19.9 Å². The van der Waals surface area contributed by atoms with Crippen LogP contribution >= 0.6 is 0 Å². The summed E-state index contributed by atoms with van der Waals surface area (Å²) in [5.41, 5.74) is 6.48. The van der Waals surface area contributed by atoms with Gasteiger partial charge in [0.1, 0.15) is 5.75 Å². The molecule has 2 amide bonds. The van der Waals surface area contributed by atoms with E-state index in [-0.39, 0.29) is 12.1 Å². The maximum absolute atomic E-state index is 13.4. The van der Waals surface area contributed by atoms with Crippen LogP contribution in [-0.4, -0.2) is 29.6 Å². The molecule has 2 heterocycles. The summed E-state index contributed by atoms with van der Waals surface area (Å²) in [6, 6.07) is 23.9. The predicted octanol–water partition coefficient (Wildman–Crippen LogP) is 5.66. The Balaban J connectivity index is 1.56. The van der Waals surface area contributed by atoms with E-state index in [1.807, 2.05) is 66.4 Å². The number of para-hydroxylation sites is 1. The maximum Gasteiger partial charge on any atom is 0.322 e. The number of rotatable bonds is 3. The van der Waals surface area contributed by atoms with Crippen molar-refractivity contribution in [1.82, 2.24) is 9.88 Å². The number of fused-ring (bicyclic) bond motifs is 3. The molecule has 4 aromatic rings. The van der Waals surface area contributed by atoms with E-state index in [0.717, 1.165) is 40.2 Å². The molecule has 1 atom stereocenters. The van der Waals surface area contributed by atoms with Crippen LogP contribution in [0.15, 0.2) is 72.8 Å². The van der Waals surface area contributed by atoms with Crippen LogP contribution < -0.4 is 10.1 Å². The third kappa shape index (κ3) is 3.52. The van der Waals surface area contributed by atoms with Crippen LogP contribution in [0, 0.1) is 6.92 Å². The molecule has 0 radical (unpaired) electrons. The molecule has 0 fully saturated rings. The second kappa shape index (κ2) is 7.84. The van der Waals surface area contributed by atoms with E-state index in [4.69, 9.17) is 4.74 Å². The Labute approximate surface area is 181 Å². The van der Waals surface area contributed by atoms with Crippen molar-refractivity contribution >= 4 is 22.6 Å². The van der Waals surface area contributed by atoms with Crippen LogP contribution in [-0.2, 0) is 6.42 Å². The Morgan fingerprint density at radius 3 is 2.52 bits per heavy atom. The van der Waals surface area contributed by atoms with Crippen molar-refractivity contribution < 1.29 is 9.53 Å². The van der Waals surface area contributed by atoms with Crippen LogP contribution in [0.2, 0.25) is 0 Å². The fourth-order valence-corrected chi connectivity index (χ4v) is 4.42. The number of aryl methyl sites for hydroxylation is 1. The van der Waals surface area contributed by atoms with E-state index in [1.54, 1.807) is 7.11 Å². The first kappa shape index (κ1) is 19.2. The van der Waals surface area contributed by atoms with Crippen molar-refractivity contribution in [3.05, 3.63) is 95.2 Å². The summed E-state index contributed by atoms with van der Waals surface area (Å²) in [5, 5.41) is 4.31. The molecule has 0 aliphatic carbocycles. The average Bonchev–Trinajstić information content (AvgIpc) is 3.19. The highest BCUT2D eigenvalue weighted by atomic mass is 16.5. The molecule has 3 aromatic carbocycles. The highest BCUT2D eigenvalue weighted by molar-refractivity contribution is 5.91. The molecule has 31 heavy (non-hydrogen) atoms. The van der Waals surface area contributed by atoms with Gasteiger partial charge in [0.25, 0.3) is 0 Å². The molecule has 1 aliphatic rings. The van der Waals surface area contributed by atoms with Crippen LogP contribution in [0.1, 0.15) is 28.4 Å². The van der Waals surface area contributed by atoms with E-state index in [2.05, 4.69) is 28.5 Å². The maximum atomic E-state index is 13.4. The Morgan fingerprint density at radius 1 is 1.03 bits per heavy atom. The summed E-state index contributed by atoms with van der Waals surface area (Å²) in [7, 11) is 1.66. The third-order valence-electron chi connectivity index (χ3n) is 6.03. The Kier molecular flexibility index (Phi) is 4.86. The number of aromatic amines is 1. The lowest BCUT2D eigenvalue weighted by molar-refractivity contribution is 0.193. The van der Waals surface area contributed by atoms with Crippen LogP contribution in [0.25, 0.3) is 10.9 Å². The standard InChI is InChI=1S/C26H25N3O2/c1-17-7-11-19(12-8-17)27-26(30)29-16-15-22-21-5-3-4-6-23(21)28-24(22)25(29)18-9-13-20(31-2)14-10-18/h3-14,25,28H,15-16H2,1-2H3,(H,27,30). The number of nitrogens with zero attached hydrogens (tertiary/aromatic N) is 1. The van der Waals surface area contributed by atoms with Gasteiger partial charge >= 0.3 is 6.03 Å². The Hall–Kier alpha value is -3.73. The van der Waals surface area contributed by atoms with Gasteiger partial charge in [0.15, 0.2) is 0 Å². The lowest BCUT2D eigenvalue weighted by Gasteiger charge is -2.36. The number of nitrogens with one attached hydrogen (secondary N) is 2. The zero-order valence-electron chi connectivity index (χ0n) is 17.7. The fraction of sp³-hybridized carbons (Fsp3) is 0.192. The minimum Gasteiger partial charge on any atom is -0.497 e. The molecule has 5 nitrogen and oxygen atoms in total. The molecular weight excluding hydrogens is 386 g/mol. The van der Waals surface area contributed by atoms with Crippen LogP contribution in [0.4, 0.5) is 10.5 Å². The van der Waals surface area contributed by atoms with Crippen molar-refractivity contribution in [2.75, 3.05) is 19.0 Å². The number of benzene rings is 3. The minimum absolute atomic E-state index is 0.103. The third-order valence-corrected chi connectivity index (χ3v) is 6.03. The highest BCUT2D eigenvalue weighted by Crippen LogP contribution is 2.39. The number of anilines is 1. The van der Waals surface area contributed by atoms with Crippen molar-refractivity contribution in [2.45, 2.75) is 19.4 Å². The summed E-state index contributed by atoms with van der Waals surface area (Å²) in [4.78, 5) is 18.9. The number of hydrogen-bond donors (Lipinski definition) is 2. The van der Waals surface area contributed by atoms with Gasteiger partial charge in [-0.15, -0.1) is 0 Å². The molecule has 0 bridgehead atoms. The lowest BCUT2D eigenvalue weighted by Crippen LogP contribution is -2.43. The number of hydrogen-bond acceptors (Lipinski definition) is 2. The second-order valence-electron chi connectivity index (χ2n) is 7.98. The predicted molar refractivity (Wildman–Crippen MR) is 124 cm³/mol. The topological polar surface area (TPSA) is 57.4 Å². The summed E-state index contributed by atoms with van der Waals surface area (Å²) in [6.45, 7) is 2.68. The number of ether oxygens (including phenoxy) is 1. The normalized spacial score (nSPS) is 15.5. The molecule has 2 N–H and O–H groups in total. The number of aromatic nitrogens is 1. The van der Waals surface area contributed by atoms with Gasteiger partial charge in [0, 0.05) is 28.8 Å². The second-order valence-corrected chi connectivity index (χ2v) is 7.98. The molecule has 0 spiro atoms. The van der Waals surface area contributed by atoms with Gasteiger partial charge in [-0.2, -0.15) is 0 Å². The summed E-state index contributed by atoms with van der Waals surface area (Å²) < 4.78 is 5.34. The smallest absolute Gasteiger partial charge is 0.322 e. The first-order valence-electron chi connectivity index (χ1n) is 10.5. The number of carbonyl (C=O) groups excluding carboxylic acids is 1. The molecule has 0 saturated carbocycles. The van der Waals surface area contributed by atoms with Crippen molar-refractivity contribution in [2.24, 2.45) is 0 Å². The quantitative estimate of drug-likeness (QED) is 0.457. The van der Waals surface area contributed by atoms with Gasteiger partial charge in [-0.1, -0.05) is 48.0 Å². The number of amides is 2. The lowest BCUT2D eigenvalue weighted by atomic mass is 9.92. The summed E-state index contributed by atoms with van der Waals surface area (Å²) >= 11 is 0. The van der Waals surface area contributed by atoms with Gasteiger partial charge in [-0.25, -0.2) is 4.79 Å². The number of H-pyrrole nitrogens is 1. The minimum atomic E-state index is -0.201. The molecular formula is C26H25N3O2. The number of carbonyl (C=O) groups is 1. The van der Waals surface area contributed by atoms with Crippen molar-refractivity contribution in [3.63, 3.8) is 0 Å². The monoisotopic (exact) mass is 411 g/mol. The summed E-state index contributed by atoms with van der Waals surface area (Å²) in [6.07, 6.45) is 0.813. The van der Waals surface area contributed by atoms with E-state index in [0.29, 0.717) is 6.54 Å². The molecule has 1 aromatic heterocycles. The largest absolute Gasteiger partial charge is 0.497 e.